The number of amides is 1. The molecular weight excluding hydrogens is 260 g/mol. The third-order valence-corrected chi connectivity index (χ3v) is 3.09. The van der Waals surface area contributed by atoms with Crippen LogP contribution >= 0.6 is 11.6 Å². The molecule has 0 bridgehead atoms. The Bertz CT molecular complexity index is 611. The van der Waals surface area contributed by atoms with Crippen LogP contribution in [0.2, 0.25) is 5.02 Å². The zero-order valence-corrected chi connectivity index (χ0v) is 11.4. The van der Waals surface area contributed by atoms with E-state index in [-0.39, 0.29) is 5.91 Å². The summed E-state index contributed by atoms with van der Waals surface area (Å²) in [5, 5.41) is 3.35. The number of halogens is 1. The van der Waals surface area contributed by atoms with Crippen LogP contribution in [0.1, 0.15) is 22.8 Å². The second kappa shape index (κ2) is 5.76. The van der Waals surface area contributed by atoms with Gasteiger partial charge in [0.15, 0.2) is 0 Å². The van der Waals surface area contributed by atoms with Gasteiger partial charge >= 0.3 is 0 Å². The predicted molar refractivity (Wildman–Crippen MR) is 79.6 cm³/mol. The Morgan fingerprint density at radius 1 is 1.26 bits per heavy atom. The maximum Gasteiger partial charge on any atom is 0.257 e. The van der Waals surface area contributed by atoms with Crippen molar-refractivity contribution in [1.29, 1.82) is 0 Å². The highest BCUT2D eigenvalue weighted by molar-refractivity contribution is 6.31. The highest BCUT2D eigenvalue weighted by Gasteiger charge is 2.10. The quantitative estimate of drug-likeness (QED) is 0.838. The minimum absolute atomic E-state index is 0.234. The lowest BCUT2D eigenvalue weighted by Gasteiger charge is -2.08. The third-order valence-electron chi connectivity index (χ3n) is 2.85. The van der Waals surface area contributed by atoms with Gasteiger partial charge in [-0.25, -0.2) is 0 Å². The van der Waals surface area contributed by atoms with Crippen LogP contribution in [0.25, 0.3) is 0 Å². The van der Waals surface area contributed by atoms with Gasteiger partial charge in [0, 0.05) is 16.4 Å². The molecule has 0 saturated heterocycles. The summed E-state index contributed by atoms with van der Waals surface area (Å²) >= 11 is 5.81. The van der Waals surface area contributed by atoms with E-state index in [4.69, 9.17) is 17.3 Å². The average molecular weight is 275 g/mol. The second-order valence-corrected chi connectivity index (χ2v) is 4.68. The number of anilines is 2. The van der Waals surface area contributed by atoms with Crippen molar-refractivity contribution in [3.05, 3.63) is 58.6 Å². The summed E-state index contributed by atoms with van der Waals surface area (Å²) in [6.07, 6.45) is 0.923. The van der Waals surface area contributed by atoms with Gasteiger partial charge in [0.25, 0.3) is 5.91 Å². The van der Waals surface area contributed by atoms with Gasteiger partial charge in [-0.05, 0) is 42.3 Å². The van der Waals surface area contributed by atoms with Crippen molar-refractivity contribution in [3.63, 3.8) is 0 Å². The van der Waals surface area contributed by atoms with Crippen LogP contribution in [0.15, 0.2) is 42.5 Å². The van der Waals surface area contributed by atoms with E-state index in [1.165, 1.54) is 5.56 Å². The summed E-state index contributed by atoms with van der Waals surface area (Å²) in [7, 11) is 0. The van der Waals surface area contributed by atoms with Crippen LogP contribution in [0, 0.1) is 0 Å². The number of rotatable bonds is 3. The topological polar surface area (TPSA) is 55.1 Å². The summed E-state index contributed by atoms with van der Waals surface area (Å²) in [4.78, 5) is 12.1. The monoisotopic (exact) mass is 274 g/mol. The minimum Gasteiger partial charge on any atom is -0.398 e. The summed E-state index contributed by atoms with van der Waals surface area (Å²) in [6.45, 7) is 2.07. The van der Waals surface area contributed by atoms with E-state index in [2.05, 4.69) is 12.2 Å². The van der Waals surface area contributed by atoms with Gasteiger partial charge < -0.3 is 11.1 Å². The molecule has 98 valence electrons. The normalized spacial score (nSPS) is 10.2. The van der Waals surface area contributed by atoms with E-state index >= 15 is 0 Å². The van der Waals surface area contributed by atoms with E-state index in [0.29, 0.717) is 16.3 Å². The Labute approximate surface area is 117 Å². The first-order valence-corrected chi connectivity index (χ1v) is 6.43. The molecule has 0 unspecified atom stereocenters. The molecule has 0 aliphatic rings. The van der Waals surface area contributed by atoms with Gasteiger partial charge in [-0.2, -0.15) is 0 Å². The van der Waals surface area contributed by atoms with Crippen molar-refractivity contribution in [2.75, 3.05) is 11.1 Å². The van der Waals surface area contributed by atoms with Gasteiger partial charge in [0.05, 0.1) is 5.56 Å². The fourth-order valence-electron chi connectivity index (χ4n) is 1.81. The molecule has 0 aromatic heterocycles. The number of nitrogens with two attached hydrogens (primary N) is 1. The van der Waals surface area contributed by atoms with Gasteiger partial charge in [0.2, 0.25) is 0 Å². The molecule has 3 N–H and O–H groups in total. The highest BCUT2D eigenvalue weighted by Crippen LogP contribution is 2.20. The summed E-state index contributed by atoms with van der Waals surface area (Å²) in [5.74, 6) is -0.234. The Morgan fingerprint density at radius 2 is 2.05 bits per heavy atom. The largest absolute Gasteiger partial charge is 0.398 e. The molecule has 0 saturated carbocycles. The molecule has 2 rings (SSSR count). The molecule has 4 heteroatoms. The number of nitrogen functional groups attached to an aromatic ring is 1. The molecule has 0 aliphatic carbocycles. The smallest absolute Gasteiger partial charge is 0.257 e. The second-order valence-electron chi connectivity index (χ2n) is 4.24. The molecule has 0 fully saturated rings. The Balaban J connectivity index is 2.20. The number of aryl methyl sites for hydroxylation is 1. The maximum atomic E-state index is 12.1. The lowest BCUT2D eigenvalue weighted by molar-refractivity contribution is 0.102. The van der Waals surface area contributed by atoms with Crippen LogP contribution < -0.4 is 11.1 Å². The standard InChI is InChI=1S/C15H15ClN2O/c1-2-10-4-3-5-12(8-10)18-15(19)13-7-6-11(16)9-14(13)17/h3-9H,2,17H2,1H3,(H,18,19). The molecule has 0 aliphatic heterocycles. The van der Waals surface area contributed by atoms with Crippen molar-refractivity contribution in [2.45, 2.75) is 13.3 Å². The van der Waals surface area contributed by atoms with Crippen molar-refractivity contribution < 1.29 is 4.79 Å². The van der Waals surface area contributed by atoms with E-state index < -0.39 is 0 Å². The minimum atomic E-state index is -0.234. The van der Waals surface area contributed by atoms with Crippen molar-refractivity contribution in [3.8, 4) is 0 Å². The first-order chi connectivity index (χ1) is 9.10. The van der Waals surface area contributed by atoms with E-state index in [9.17, 15) is 4.79 Å². The molecule has 3 nitrogen and oxygen atoms in total. The molecule has 0 spiro atoms. The van der Waals surface area contributed by atoms with Crippen molar-refractivity contribution in [1.82, 2.24) is 0 Å². The number of benzene rings is 2. The number of hydrogen-bond acceptors (Lipinski definition) is 2. The van der Waals surface area contributed by atoms with Gasteiger partial charge in [0.1, 0.15) is 0 Å². The van der Waals surface area contributed by atoms with Gasteiger partial charge in [-0.15, -0.1) is 0 Å². The van der Waals surface area contributed by atoms with Crippen LogP contribution in [0.5, 0.6) is 0 Å². The zero-order valence-electron chi connectivity index (χ0n) is 10.6. The maximum absolute atomic E-state index is 12.1. The van der Waals surface area contributed by atoms with Gasteiger partial charge in [-0.3, -0.25) is 4.79 Å². The number of hydrogen-bond donors (Lipinski definition) is 2. The first kappa shape index (κ1) is 13.4. The predicted octanol–water partition coefficient (Wildman–Crippen LogP) is 3.74. The number of nitrogens with one attached hydrogen (secondary N) is 1. The Hall–Kier alpha value is -2.00. The van der Waals surface area contributed by atoms with E-state index in [0.717, 1.165) is 12.1 Å². The Kier molecular flexibility index (Phi) is 4.07. The van der Waals surface area contributed by atoms with Crippen LogP contribution in [0.3, 0.4) is 0 Å². The molecule has 19 heavy (non-hydrogen) atoms. The van der Waals surface area contributed by atoms with Crippen LogP contribution in [-0.4, -0.2) is 5.91 Å². The molecular formula is C15H15ClN2O. The molecule has 0 atom stereocenters. The first-order valence-electron chi connectivity index (χ1n) is 6.05. The summed E-state index contributed by atoms with van der Waals surface area (Å²) < 4.78 is 0. The zero-order chi connectivity index (χ0) is 13.8. The fourth-order valence-corrected chi connectivity index (χ4v) is 1.99. The average Bonchev–Trinajstić information content (AvgIpc) is 2.38. The lowest BCUT2D eigenvalue weighted by atomic mass is 10.1. The summed E-state index contributed by atoms with van der Waals surface area (Å²) in [6, 6.07) is 12.6. The molecule has 0 heterocycles. The SMILES string of the molecule is CCc1cccc(NC(=O)c2ccc(Cl)cc2N)c1. The van der Waals surface area contributed by atoms with Crippen LogP contribution in [0.4, 0.5) is 11.4 Å². The third kappa shape index (κ3) is 3.26. The lowest BCUT2D eigenvalue weighted by Crippen LogP contribution is -2.14. The highest BCUT2D eigenvalue weighted by atomic mass is 35.5. The molecule has 1 amide bonds. The molecule has 2 aromatic rings. The summed E-state index contributed by atoms with van der Waals surface area (Å²) in [5.41, 5.74) is 8.51. The van der Waals surface area contributed by atoms with Gasteiger partial charge in [-0.1, -0.05) is 30.7 Å². The number of carbonyl (C=O) groups excluding carboxylic acids is 1. The van der Waals surface area contributed by atoms with Crippen molar-refractivity contribution in [2.24, 2.45) is 0 Å². The van der Waals surface area contributed by atoms with Crippen molar-refractivity contribution >= 4 is 28.9 Å². The molecule has 2 aromatic carbocycles. The Morgan fingerprint density at radius 3 is 2.74 bits per heavy atom. The fraction of sp³-hybridized carbons (Fsp3) is 0.133. The van der Waals surface area contributed by atoms with E-state index in [1.54, 1.807) is 18.2 Å². The molecule has 0 radical (unpaired) electrons. The van der Waals surface area contributed by atoms with E-state index in [1.807, 2.05) is 24.3 Å². The van der Waals surface area contributed by atoms with Crippen LogP contribution in [-0.2, 0) is 6.42 Å². The number of carbonyl (C=O) groups is 1.